The molecule has 0 saturated heterocycles. The Morgan fingerprint density at radius 1 is 1.14 bits per heavy atom. The summed E-state index contributed by atoms with van der Waals surface area (Å²) in [5.74, 6) is 0.593. The van der Waals surface area contributed by atoms with Crippen LogP contribution in [0.25, 0.3) is 10.9 Å². The quantitative estimate of drug-likeness (QED) is 0.785. The Labute approximate surface area is 126 Å². The Hall–Kier alpha value is -2.17. The maximum absolute atomic E-state index is 13.2. The Kier molecular flexibility index (Phi) is 3.73. The summed E-state index contributed by atoms with van der Waals surface area (Å²) in [4.78, 5) is 4.44. The maximum atomic E-state index is 13.2. The molecule has 0 radical (unpaired) electrons. The van der Waals surface area contributed by atoms with Crippen molar-refractivity contribution in [3.05, 3.63) is 65.1 Å². The number of aromatic nitrogens is 1. The topological polar surface area (TPSA) is 48.1 Å². The summed E-state index contributed by atoms with van der Waals surface area (Å²) in [5, 5.41) is 0.875. The van der Waals surface area contributed by atoms with Gasteiger partial charge in [0.25, 0.3) is 0 Å². The molecule has 0 unspecified atom stereocenters. The molecule has 0 amide bonds. The van der Waals surface area contributed by atoms with Gasteiger partial charge in [0.2, 0.25) is 0 Å². The molecule has 0 spiro atoms. The number of hydrogen-bond acceptors (Lipinski definition) is 3. The van der Waals surface area contributed by atoms with Gasteiger partial charge in [0.05, 0.1) is 16.2 Å². The van der Waals surface area contributed by atoms with Gasteiger partial charge in [-0.15, -0.1) is 0 Å². The minimum atomic E-state index is -0.480. The normalized spacial score (nSPS) is 10.8. The van der Waals surface area contributed by atoms with E-state index in [0.717, 1.165) is 16.6 Å². The van der Waals surface area contributed by atoms with E-state index >= 15 is 0 Å². The summed E-state index contributed by atoms with van der Waals surface area (Å²) in [5.41, 5.74) is 7.17. The number of rotatable bonds is 3. The van der Waals surface area contributed by atoms with Crippen molar-refractivity contribution in [2.24, 2.45) is 5.73 Å². The van der Waals surface area contributed by atoms with E-state index in [-0.39, 0.29) is 5.02 Å². The fourth-order valence-corrected chi connectivity index (χ4v) is 2.22. The molecule has 0 fully saturated rings. The largest absolute Gasteiger partial charge is 0.457 e. The molecule has 0 aliphatic rings. The smallest absolute Gasteiger partial charge is 0.142 e. The van der Waals surface area contributed by atoms with Gasteiger partial charge in [0, 0.05) is 24.1 Å². The molecular weight excluding hydrogens is 291 g/mol. The molecule has 1 heterocycles. The van der Waals surface area contributed by atoms with E-state index in [0.29, 0.717) is 18.0 Å². The summed E-state index contributed by atoms with van der Waals surface area (Å²) in [7, 11) is 0. The predicted octanol–water partition coefficient (Wildman–Crippen LogP) is 4.28. The van der Waals surface area contributed by atoms with Crippen LogP contribution in [0.2, 0.25) is 5.02 Å². The van der Waals surface area contributed by atoms with E-state index < -0.39 is 5.82 Å². The van der Waals surface area contributed by atoms with Gasteiger partial charge in [0.1, 0.15) is 17.3 Å². The Bertz CT molecular complexity index is 807. The summed E-state index contributed by atoms with van der Waals surface area (Å²) >= 11 is 5.77. The fraction of sp³-hybridized carbons (Fsp3) is 0.0625. The van der Waals surface area contributed by atoms with Crippen molar-refractivity contribution >= 4 is 22.5 Å². The molecule has 2 N–H and O–H groups in total. The zero-order valence-electron chi connectivity index (χ0n) is 11.0. The van der Waals surface area contributed by atoms with Crippen molar-refractivity contribution in [1.29, 1.82) is 0 Å². The monoisotopic (exact) mass is 302 g/mol. The molecule has 3 nitrogen and oxygen atoms in total. The van der Waals surface area contributed by atoms with Crippen molar-refractivity contribution in [2.75, 3.05) is 0 Å². The average molecular weight is 303 g/mol. The minimum absolute atomic E-state index is 0.0184. The highest BCUT2D eigenvalue weighted by Crippen LogP contribution is 2.31. The van der Waals surface area contributed by atoms with Crippen molar-refractivity contribution in [3.63, 3.8) is 0 Å². The van der Waals surface area contributed by atoms with Crippen molar-refractivity contribution in [1.82, 2.24) is 4.98 Å². The standard InChI is InChI=1S/C16H12ClFN2O/c17-13-8-11(5-6-14(13)18)21-16-7-10(9-19)20-15-4-2-1-3-12(15)16/h1-8H,9,19H2. The molecule has 0 bridgehead atoms. The number of hydrogen-bond donors (Lipinski definition) is 1. The lowest BCUT2D eigenvalue weighted by molar-refractivity contribution is 0.485. The first kappa shape index (κ1) is 13.8. The lowest BCUT2D eigenvalue weighted by Gasteiger charge is -2.11. The van der Waals surface area contributed by atoms with Gasteiger partial charge in [0.15, 0.2) is 0 Å². The van der Waals surface area contributed by atoms with Gasteiger partial charge in [-0.2, -0.15) is 0 Å². The molecule has 1 aromatic heterocycles. The number of nitrogens with zero attached hydrogens (tertiary/aromatic N) is 1. The first-order valence-corrected chi connectivity index (χ1v) is 6.77. The van der Waals surface area contributed by atoms with Gasteiger partial charge >= 0.3 is 0 Å². The fourth-order valence-electron chi connectivity index (χ4n) is 2.05. The highest BCUT2D eigenvalue weighted by molar-refractivity contribution is 6.30. The highest BCUT2D eigenvalue weighted by Gasteiger charge is 2.08. The van der Waals surface area contributed by atoms with E-state index in [9.17, 15) is 4.39 Å². The van der Waals surface area contributed by atoms with Gasteiger partial charge in [-0.25, -0.2) is 4.39 Å². The van der Waals surface area contributed by atoms with E-state index in [2.05, 4.69) is 4.98 Å². The third-order valence-corrected chi connectivity index (χ3v) is 3.35. The zero-order chi connectivity index (χ0) is 14.8. The molecule has 0 aliphatic carbocycles. The summed E-state index contributed by atoms with van der Waals surface area (Å²) in [6.07, 6.45) is 0. The van der Waals surface area contributed by atoms with Gasteiger partial charge in [-0.1, -0.05) is 23.7 Å². The van der Waals surface area contributed by atoms with Gasteiger partial charge in [-0.05, 0) is 24.3 Å². The predicted molar refractivity (Wildman–Crippen MR) is 81.1 cm³/mol. The molecule has 0 aliphatic heterocycles. The third-order valence-electron chi connectivity index (χ3n) is 3.06. The van der Waals surface area contributed by atoms with Crippen molar-refractivity contribution in [2.45, 2.75) is 6.54 Å². The number of benzene rings is 2. The Balaban J connectivity index is 2.08. The second kappa shape index (κ2) is 5.68. The zero-order valence-corrected chi connectivity index (χ0v) is 11.8. The SMILES string of the molecule is NCc1cc(Oc2ccc(F)c(Cl)c2)c2ccccc2n1. The molecule has 3 rings (SSSR count). The number of pyridine rings is 1. The molecule has 5 heteroatoms. The second-order valence-corrected chi connectivity index (χ2v) is 4.92. The van der Waals surface area contributed by atoms with Crippen LogP contribution in [0, 0.1) is 5.82 Å². The second-order valence-electron chi connectivity index (χ2n) is 4.51. The van der Waals surface area contributed by atoms with Crippen LogP contribution in [0.5, 0.6) is 11.5 Å². The van der Waals surface area contributed by atoms with Crippen LogP contribution in [-0.4, -0.2) is 4.98 Å². The van der Waals surface area contributed by atoms with Crippen LogP contribution in [0.15, 0.2) is 48.5 Å². The van der Waals surface area contributed by atoms with Gasteiger partial charge < -0.3 is 10.5 Å². The molecule has 2 aromatic carbocycles. The molecule has 106 valence electrons. The molecule has 0 saturated carbocycles. The van der Waals surface area contributed by atoms with E-state index in [1.54, 1.807) is 6.07 Å². The first-order chi connectivity index (χ1) is 10.2. The number of para-hydroxylation sites is 1. The number of fused-ring (bicyclic) bond motifs is 1. The minimum Gasteiger partial charge on any atom is -0.457 e. The van der Waals surface area contributed by atoms with E-state index in [1.165, 1.54) is 18.2 Å². The Morgan fingerprint density at radius 2 is 1.95 bits per heavy atom. The van der Waals surface area contributed by atoms with Crippen LogP contribution in [0.4, 0.5) is 4.39 Å². The average Bonchev–Trinajstić information content (AvgIpc) is 2.51. The van der Waals surface area contributed by atoms with Crippen LogP contribution < -0.4 is 10.5 Å². The molecule has 3 aromatic rings. The van der Waals surface area contributed by atoms with Gasteiger partial charge in [-0.3, -0.25) is 4.98 Å². The lowest BCUT2D eigenvalue weighted by Crippen LogP contribution is -2.00. The van der Waals surface area contributed by atoms with Crippen LogP contribution >= 0.6 is 11.6 Å². The number of ether oxygens (including phenoxy) is 1. The van der Waals surface area contributed by atoms with Crippen molar-refractivity contribution < 1.29 is 9.13 Å². The van der Waals surface area contributed by atoms with Crippen LogP contribution in [-0.2, 0) is 6.54 Å². The summed E-state index contributed by atoms with van der Waals surface area (Å²) < 4.78 is 19.0. The Morgan fingerprint density at radius 3 is 2.71 bits per heavy atom. The third kappa shape index (κ3) is 2.82. The highest BCUT2D eigenvalue weighted by atomic mass is 35.5. The molecule has 21 heavy (non-hydrogen) atoms. The lowest BCUT2D eigenvalue weighted by atomic mass is 10.2. The van der Waals surface area contributed by atoms with E-state index in [4.69, 9.17) is 22.1 Å². The van der Waals surface area contributed by atoms with E-state index in [1.807, 2.05) is 24.3 Å². The summed E-state index contributed by atoms with van der Waals surface area (Å²) in [6.45, 7) is 0.311. The van der Waals surface area contributed by atoms with Crippen LogP contribution in [0.1, 0.15) is 5.69 Å². The number of halogens is 2. The first-order valence-electron chi connectivity index (χ1n) is 6.39. The molecule has 0 atom stereocenters. The van der Waals surface area contributed by atoms with Crippen molar-refractivity contribution in [3.8, 4) is 11.5 Å². The maximum Gasteiger partial charge on any atom is 0.142 e. The number of nitrogens with two attached hydrogens (primary N) is 1. The summed E-state index contributed by atoms with van der Waals surface area (Å²) in [6, 6.07) is 13.6. The molecular formula is C16H12ClFN2O. The van der Waals surface area contributed by atoms with Crippen LogP contribution in [0.3, 0.4) is 0 Å².